The Morgan fingerprint density at radius 1 is 0.953 bits per heavy atom. The van der Waals surface area contributed by atoms with E-state index in [-0.39, 0.29) is 27.9 Å². The number of amides is 4. The van der Waals surface area contributed by atoms with Gasteiger partial charge in [-0.2, -0.15) is 0 Å². The van der Waals surface area contributed by atoms with Crippen molar-refractivity contribution in [2.24, 2.45) is 5.92 Å². The van der Waals surface area contributed by atoms with E-state index in [9.17, 15) is 24.3 Å². The van der Waals surface area contributed by atoms with Crippen molar-refractivity contribution in [1.82, 2.24) is 15.6 Å². The third kappa shape index (κ3) is 8.46. The summed E-state index contributed by atoms with van der Waals surface area (Å²) >= 11 is 12.1. The van der Waals surface area contributed by atoms with E-state index in [4.69, 9.17) is 23.2 Å². The van der Waals surface area contributed by atoms with Gasteiger partial charge in [0.15, 0.2) is 0 Å². The predicted molar refractivity (Wildman–Crippen MR) is 166 cm³/mol. The molecule has 4 N–H and O–H groups in total. The van der Waals surface area contributed by atoms with Crippen molar-refractivity contribution in [3.05, 3.63) is 87.7 Å². The van der Waals surface area contributed by atoms with Gasteiger partial charge in [0.05, 0.1) is 26.9 Å². The number of carbonyl (C=O) groups is 4. The molecule has 10 nitrogen and oxygen atoms in total. The number of aromatic nitrogens is 1. The minimum atomic E-state index is -1.25. The number of rotatable bonds is 10. The number of benzene rings is 2. The number of carbonyl (C=O) groups excluding carboxylic acids is 3. The number of para-hydroxylation sites is 1. The van der Waals surface area contributed by atoms with Gasteiger partial charge in [0.1, 0.15) is 6.04 Å². The summed E-state index contributed by atoms with van der Waals surface area (Å²) in [4.78, 5) is 55.9. The van der Waals surface area contributed by atoms with E-state index < -0.39 is 23.9 Å². The Hall–Kier alpha value is -4.15. The van der Waals surface area contributed by atoms with E-state index in [1.807, 2.05) is 0 Å². The molecule has 0 saturated heterocycles. The second-order valence-corrected chi connectivity index (χ2v) is 11.3. The van der Waals surface area contributed by atoms with Gasteiger partial charge in [0.2, 0.25) is 0 Å². The predicted octanol–water partition coefficient (Wildman–Crippen LogP) is 5.79. The molecule has 226 valence electrons. The number of nitrogens with zero attached hydrogens (tertiary/aromatic N) is 2. The first kappa shape index (κ1) is 31.8. The highest BCUT2D eigenvalue weighted by atomic mass is 35.5. The van der Waals surface area contributed by atoms with Gasteiger partial charge in [0.25, 0.3) is 11.8 Å². The molecule has 0 radical (unpaired) electrons. The van der Waals surface area contributed by atoms with E-state index in [2.05, 4.69) is 20.9 Å². The van der Waals surface area contributed by atoms with Gasteiger partial charge in [-0.3, -0.25) is 19.5 Å². The minimum Gasteiger partial charge on any atom is -0.480 e. The first-order chi connectivity index (χ1) is 20.6. The summed E-state index contributed by atoms with van der Waals surface area (Å²) in [6.45, 7) is 0.581. The second kappa shape index (κ2) is 14.8. The number of anilines is 2. The molecular formula is C31H33Cl2N5O5. The molecule has 3 aromatic rings. The van der Waals surface area contributed by atoms with Crippen LogP contribution in [-0.2, 0) is 11.2 Å². The lowest BCUT2D eigenvalue weighted by atomic mass is 9.89. The number of aliphatic carboxylic acids is 1. The van der Waals surface area contributed by atoms with Gasteiger partial charge in [-0.15, -0.1) is 0 Å². The van der Waals surface area contributed by atoms with Crippen molar-refractivity contribution in [1.29, 1.82) is 0 Å². The lowest BCUT2D eigenvalue weighted by molar-refractivity contribution is -0.139. The molecule has 12 heteroatoms. The molecule has 4 amide bonds. The van der Waals surface area contributed by atoms with Crippen LogP contribution in [-0.4, -0.2) is 53.5 Å². The number of pyridine rings is 1. The van der Waals surface area contributed by atoms with Crippen molar-refractivity contribution >= 4 is 58.4 Å². The summed E-state index contributed by atoms with van der Waals surface area (Å²) in [5.74, 6) is -1.58. The van der Waals surface area contributed by atoms with E-state index in [1.165, 1.54) is 43.6 Å². The fourth-order valence-electron chi connectivity index (χ4n) is 5.02. The summed E-state index contributed by atoms with van der Waals surface area (Å²) in [6.07, 6.45) is 8.36. The number of halogens is 2. The van der Waals surface area contributed by atoms with E-state index in [1.54, 1.807) is 48.5 Å². The number of carboxylic acid groups (broad SMARTS) is 1. The number of hydrogen-bond donors (Lipinski definition) is 4. The molecule has 0 aliphatic heterocycles. The minimum absolute atomic E-state index is 0.0192. The summed E-state index contributed by atoms with van der Waals surface area (Å²) in [5.41, 5.74) is 1.82. The smallest absolute Gasteiger partial charge is 0.326 e. The molecular weight excluding hydrogens is 593 g/mol. The fraction of sp³-hybridized carbons (Fsp3) is 0.323. The van der Waals surface area contributed by atoms with Crippen LogP contribution >= 0.6 is 23.2 Å². The van der Waals surface area contributed by atoms with Gasteiger partial charge in [-0.05, 0) is 48.6 Å². The maximum Gasteiger partial charge on any atom is 0.326 e. The number of urea groups is 1. The maximum atomic E-state index is 13.1. The van der Waals surface area contributed by atoms with Crippen LogP contribution in [0.3, 0.4) is 0 Å². The van der Waals surface area contributed by atoms with Crippen LogP contribution in [0.1, 0.15) is 58.4 Å². The van der Waals surface area contributed by atoms with Crippen molar-refractivity contribution in [3.63, 3.8) is 0 Å². The Kier molecular flexibility index (Phi) is 11.0. The Morgan fingerprint density at radius 2 is 1.60 bits per heavy atom. The Labute approximate surface area is 259 Å². The largest absolute Gasteiger partial charge is 0.480 e. The average Bonchev–Trinajstić information content (AvgIpc) is 3.00. The molecule has 1 aliphatic rings. The first-order valence-electron chi connectivity index (χ1n) is 14.0. The molecule has 1 saturated carbocycles. The molecule has 0 bridgehead atoms. The summed E-state index contributed by atoms with van der Waals surface area (Å²) in [7, 11) is 1.49. The molecule has 2 aromatic carbocycles. The van der Waals surface area contributed by atoms with Crippen molar-refractivity contribution in [2.75, 3.05) is 23.8 Å². The first-order valence-corrected chi connectivity index (χ1v) is 14.7. The maximum absolute atomic E-state index is 13.1. The summed E-state index contributed by atoms with van der Waals surface area (Å²) < 4.78 is 0. The molecule has 1 aliphatic carbocycles. The molecule has 1 unspecified atom stereocenters. The van der Waals surface area contributed by atoms with E-state index >= 15 is 0 Å². The van der Waals surface area contributed by atoms with Gasteiger partial charge >= 0.3 is 12.0 Å². The van der Waals surface area contributed by atoms with Gasteiger partial charge in [-0.1, -0.05) is 66.7 Å². The zero-order valence-electron chi connectivity index (χ0n) is 23.6. The number of hydrogen-bond acceptors (Lipinski definition) is 5. The van der Waals surface area contributed by atoms with Crippen molar-refractivity contribution in [3.8, 4) is 0 Å². The molecule has 0 spiro atoms. The van der Waals surface area contributed by atoms with Crippen LogP contribution < -0.4 is 20.9 Å². The topological polar surface area (TPSA) is 141 Å². The highest BCUT2D eigenvalue weighted by Crippen LogP contribution is 2.25. The Morgan fingerprint density at radius 3 is 2.26 bits per heavy atom. The lowest BCUT2D eigenvalue weighted by Gasteiger charge is -2.24. The number of nitrogens with one attached hydrogen (secondary N) is 3. The Balaban J connectivity index is 1.38. The standard InChI is InChI=1S/C31H33Cl2N5O5/c1-38(26-10-6-5-9-22(26)28(39)35-16-20-7-3-2-4-8-20)31(43)37-25(30(41)42)15-19-11-13-21(14-12-19)36-29(40)27-23(32)17-34-18-24(27)33/h5-6,9-14,17-18,20,25H,2-4,7-8,15-16H2,1H3,(H,35,39)(H,36,40)(H,37,43)(H,41,42). The molecule has 1 fully saturated rings. The highest BCUT2D eigenvalue weighted by molar-refractivity contribution is 6.40. The zero-order valence-corrected chi connectivity index (χ0v) is 25.1. The lowest BCUT2D eigenvalue weighted by Crippen LogP contribution is -2.48. The van der Waals surface area contributed by atoms with Gasteiger partial charge in [-0.25, -0.2) is 9.59 Å². The highest BCUT2D eigenvalue weighted by Gasteiger charge is 2.25. The molecule has 43 heavy (non-hydrogen) atoms. The van der Waals surface area contributed by atoms with Crippen molar-refractivity contribution < 1.29 is 24.3 Å². The average molecular weight is 627 g/mol. The van der Waals surface area contributed by atoms with Crippen LogP contribution in [0.25, 0.3) is 0 Å². The van der Waals surface area contributed by atoms with Crippen LogP contribution in [0.15, 0.2) is 60.9 Å². The van der Waals surface area contributed by atoms with Crippen LogP contribution in [0.5, 0.6) is 0 Å². The van der Waals surface area contributed by atoms with Crippen LogP contribution in [0.4, 0.5) is 16.2 Å². The van der Waals surface area contributed by atoms with Gasteiger partial charge in [0, 0.05) is 38.1 Å². The fourth-order valence-corrected chi connectivity index (χ4v) is 5.55. The molecule has 4 rings (SSSR count). The van der Waals surface area contributed by atoms with E-state index in [0.29, 0.717) is 35.0 Å². The van der Waals surface area contributed by atoms with Gasteiger partial charge < -0.3 is 21.1 Å². The van der Waals surface area contributed by atoms with Crippen LogP contribution in [0.2, 0.25) is 10.0 Å². The van der Waals surface area contributed by atoms with Crippen LogP contribution in [0, 0.1) is 5.92 Å². The molecule has 1 heterocycles. The third-order valence-electron chi connectivity index (χ3n) is 7.42. The monoisotopic (exact) mass is 625 g/mol. The molecule has 1 atom stereocenters. The SMILES string of the molecule is CN(C(=O)NC(Cc1ccc(NC(=O)c2c(Cl)cncc2Cl)cc1)C(=O)O)c1ccccc1C(=O)NCC1CCCCC1. The second-order valence-electron chi connectivity index (χ2n) is 10.5. The quantitative estimate of drug-likeness (QED) is 0.225. The van der Waals surface area contributed by atoms with Crippen molar-refractivity contribution in [2.45, 2.75) is 44.6 Å². The Bertz CT molecular complexity index is 1460. The van der Waals surface area contributed by atoms with E-state index in [0.717, 1.165) is 12.8 Å². The number of carboxylic acids is 1. The normalized spacial score (nSPS) is 13.9. The summed E-state index contributed by atoms with van der Waals surface area (Å²) in [6, 6.07) is 11.3. The zero-order chi connectivity index (χ0) is 30.9. The third-order valence-corrected chi connectivity index (χ3v) is 7.99. The molecule has 1 aromatic heterocycles. The summed E-state index contributed by atoms with van der Waals surface area (Å²) in [5, 5.41) is 18.3.